The van der Waals surface area contributed by atoms with E-state index in [2.05, 4.69) is 4.72 Å². The number of nitrogens with one attached hydrogen (secondary N) is 1. The van der Waals surface area contributed by atoms with Crippen LogP contribution in [0.3, 0.4) is 0 Å². The topological polar surface area (TPSA) is 80.3 Å². The SMILES string of the molecule is O=S1(=O)CC[C@@H](CNS(=O)(=O)c2cc(F)cc(F)c2)C1. The third-order valence-corrected chi connectivity index (χ3v) is 6.28. The Morgan fingerprint density at radius 1 is 1.20 bits per heavy atom. The van der Waals surface area contributed by atoms with Crippen LogP contribution in [0.15, 0.2) is 23.1 Å². The van der Waals surface area contributed by atoms with Gasteiger partial charge in [-0.1, -0.05) is 0 Å². The van der Waals surface area contributed by atoms with Crippen LogP contribution in [0.1, 0.15) is 6.42 Å². The molecule has 5 nitrogen and oxygen atoms in total. The molecule has 1 fully saturated rings. The summed E-state index contributed by atoms with van der Waals surface area (Å²) in [6.07, 6.45) is 0.377. The fourth-order valence-electron chi connectivity index (χ4n) is 2.03. The maximum absolute atomic E-state index is 13.0. The lowest BCUT2D eigenvalue weighted by Crippen LogP contribution is -2.30. The molecule has 0 spiro atoms. The van der Waals surface area contributed by atoms with Crippen LogP contribution in [0, 0.1) is 17.6 Å². The van der Waals surface area contributed by atoms with Crippen molar-refractivity contribution in [2.75, 3.05) is 18.1 Å². The van der Waals surface area contributed by atoms with Gasteiger partial charge in [-0.15, -0.1) is 0 Å². The normalized spacial score (nSPS) is 22.0. The Morgan fingerprint density at radius 2 is 1.80 bits per heavy atom. The molecule has 0 aliphatic carbocycles. The molecule has 1 heterocycles. The van der Waals surface area contributed by atoms with E-state index >= 15 is 0 Å². The second-order valence-electron chi connectivity index (χ2n) is 4.73. The Labute approximate surface area is 116 Å². The van der Waals surface area contributed by atoms with Gasteiger partial charge in [0, 0.05) is 12.6 Å². The van der Waals surface area contributed by atoms with Crippen molar-refractivity contribution in [3.8, 4) is 0 Å². The highest BCUT2D eigenvalue weighted by Gasteiger charge is 2.29. The summed E-state index contributed by atoms with van der Waals surface area (Å²) in [5.74, 6) is -2.34. The van der Waals surface area contributed by atoms with Crippen molar-refractivity contribution in [2.45, 2.75) is 11.3 Å². The van der Waals surface area contributed by atoms with Crippen molar-refractivity contribution in [3.63, 3.8) is 0 Å². The van der Waals surface area contributed by atoms with Crippen LogP contribution in [-0.2, 0) is 19.9 Å². The lowest BCUT2D eigenvalue weighted by atomic mass is 10.1. The Kier molecular flexibility index (Phi) is 4.12. The first kappa shape index (κ1) is 15.3. The van der Waals surface area contributed by atoms with Crippen molar-refractivity contribution >= 4 is 19.9 Å². The van der Waals surface area contributed by atoms with E-state index in [9.17, 15) is 25.6 Å². The fourth-order valence-corrected chi connectivity index (χ4v) is 5.05. The molecule has 1 aromatic rings. The summed E-state index contributed by atoms with van der Waals surface area (Å²) in [5, 5.41) is 0. The summed E-state index contributed by atoms with van der Waals surface area (Å²) in [4.78, 5) is -0.518. The summed E-state index contributed by atoms with van der Waals surface area (Å²) in [6, 6.07) is 1.98. The average Bonchev–Trinajstić information content (AvgIpc) is 2.65. The Morgan fingerprint density at radius 3 is 2.30 bits per heavy atom. The molecule has 9 heteroatoms. The Bertz CT molecular complexity index is 696. The molecule has 1 aromatic carbocycles. The summed E-state index contributed by atoms with van der Waals surface area (Å²) in [7, 11) is -7.15. The van der Waals surface area contributed by atoms with E-state index in [1.54, 1.807) is 0 Å². The first-order valence-corrected chi connectivity index (χ1v) is 9.15. The highest BCUT2D eigenvalue weighted by Crippen LogP contribution is 2.19. The molecule has 0 bridgehead atoms. The van der Waals surface area contributed by atoms with E-state index in [1.807, 2.05) is 0 Å². The molecular weight excluding hydrogens is 312 g/mol. The molecule has 20 heavy (non-hydrogen) atoms. The van der Waals surface area contributed by atoms with E-state index in [4.69, 9.17) is 0 Å². The largest absolute Gasteiger partial charge is 0.240 e. The standard InChI is InChI=1S/C11H13F2NO4S2/c12-9-3-10(13)5-11(4-9)20(17,18)14-6-8-1-2-19(15,16)7-8/h3-5,8,14H,1-2,6-7H2/t8-/m0/s1. The maximum atomic E-state index is 13.0. The molecule has 0 radical (unpaired) electrons. The van der Waals surface area contributed by atoms with Crippen LogP contribution in [0.2, 0.25) is 0 Å². The van der Waals surface area contributed by atoms with Gasteiger partial charge < -0.3 is 0 Å². The van der Waals surface area contributed by atoms with Gasteiger partial charge in [-0.2, -0.15) is 0 Å². The smallest absolute Gasteiger partial charge is 0.229 e. The number of hydrogen-bond acceptors (Lipinski definition) is 4. The minimum atomic E-state index is -4.05. The van der Waals surface area contributed by atoms with E-state index in [0.29, 0.717) is 24.6 Å². The maximum Gasteiger partial charge on any atom is 0.240 e. The summed E-state index contributed by atoms with van der Waals surface area (Å²) in [5.41, 5.74) is 0. The van der Waals surface area contributed by atoms with Crippen LogP contribution in [0.5, 0.6) is 0 Å². The van der Waals surface area contributed by atoms with Crippen molar-refractivity contribution in [1.29, 1.82) is 0 Å². The van der Waals surface area contributed by atoms with Gasteiger partial charge in [0.25, 0.3) is 0 Å². The molecule has 1 saturated heterocycles. The van der Waals surface area contributed by atoms with Gasteiger partial charge in [-0.3, -0.25) is 0 Å². The quantitative estimate of drug-likeness (QED) is 0.883. The van der Waals surface area contributed by atoms with E-state index in [-0.39, 0.29) is 24.0 Å². The first-order valence-electron chi connectivity index (χ1n) is 5.84. The predicted molar refractivity (Wildman–Crippen MR) is 68.3 cm³/mol. The molecule has 1 aliphatic rings. The zero-order valence-corrected chi connectivity index (χ0v) is 12.0. The van der Waals surface area contributed by atoms with Gasteiger partial charge in [0.1, 0.15) is 11.6 Å². The average molecular weight is 325 g/mol. The molecule has 1 aliphatic heterocycles. The van der Waals surface area contributed by atoms with E-state index < -0.39 is 36.4 Å². The van der Waals surface area contributed by atoms with Gasteiger partial charge in [-0.05, 0) is 24.5 Å². The number of rotatable bonds is 4. The van der Waals surface area contributed by atoms with Gasteiger partial charge in [0.2, 0.25) is 10.0 Å². The lowest BCUT2D eigenvalue weighted by Gasteiger charge is -2.10. The number of benzene rings is 1. The number of halogens is 2. The molecule has 1 N–H and O–H groups in total. The Balaban J connectivity index is 2.08. The molecule has 112 valence electrons. The minimum absolute atomic E-state index is 0.0357. The van der Waals surface area contributed by atoms with Crippen LogP contribution >= 0.6 is 0 Å². The fraction of sp³-hybridized carbons (Fsp3) is 0.455. The second kappa shape index (κ2) is 5.38. The molecular formula is C11H13F2NO4S2. The zero-order chi connectivity index (χ0) is 15.0. The van der Waals surface area contributed by atoms with Crippen molar-refractivity contribution in [3.05, 3.63) is 29.8 Å². The highest BCUT2D eigenvalue weighted by atomic mass is 32.2. The monoisotopic (exact) mass is 325 g/mol. The third-order valence-electron chi connectivity index (χ3n) is 3.04. The molecule has 0 saturated carbocycles. The summed E-state index contributed by atoms with van der Waals surface area (Å²) >= 11 is 0. The molecule has 0 unspecified atom stereocenters. The van der Waals surface area contributed by atoms with Crippen molar-refractivity contribution in [1.82, 2.24) is 4.72 Å². The van der Waals surface area contributed by atoms with E-state index in [1.165, 1.54) is 0 Å². The lowest BCUT2D eigenvalue weighted by molar-refractivity contribution is 0.538. The molecule has 0 aromatic heterocycles. The number of sulfone groups is 1. The van der Waals surface area contributed by atoms with Gasteiger partial charge in [0.15, 0.2) is 9.84 Å². The molecule has 1 atom stereocenters. The Hall–Kier alpha value is -1.06. The predicted octanol–water partition coefficient (Wildman–Crippen LogP) is 0.678. The van der Waals surface area contributed by atoms with Gasteiger partial charge >= 0.3 is 0 Å². The first-order chi connectivity index (χ1) is 9.18. The molecule has 0 amide bonds. The van der Waals surface area contributed by atoms with Crippen LogP contribution < -0.4 is 4.72 Å². The minimum Gasteiger partial charge on any atom is -0.229 e. The number of sulfonamides is 1. The third kappa shape index (κ3) is 3.74. The summed E-state index contributed by atoms with van der Waals surface area (Å²) < 4.78 is 74.4. The highest BCUT2D eigenvalue weighted by molar-refractivity contribution is 7.91. The van der Waals surface area contributed by atoms with E-state index in [0.717, 1.165) is 0 Å². The van der Waals surface area contributed by atoms with Crippen LogP contribution in [0.4, 0.5) is 8.78 Å². The van der Waals surface area contributed by atoms with Gasteiger partial charge in [-0.25, -0.2) is 30.3 Å². The molecule has 2 rings (SSSR count). The van der Waals surface area contributed by atoms with Crippen molar-refractivity contribution in [2.24, 2.45) is 5.92 Å². The second-order valence-corrected chi connectivity index (χ2v) is 8.72. The van der Waals surface area contributed by atoms with Crippen LogP contribution in [-0.4, -0.2) is 34.9 Å². The van der Waals surface area contributed by atoms with Crippen molar-refractivity contribution < 1.29 is 25.6 Å². The zero-order valence-electron chi connectivity index (χ0n) is 10.3. The van der Waals surface area contributed by atoms with Gasteiger partial charge in [0.05, 0.1) is 16.4 Å². The number of hydrogen-bond donors (Lipinski definition) is 1. The summed E-state index contributed by atoms with van der Waals surface area (Å²) in [6.45, 7) is -0.0697. The van der Waals surface area contributed by atoms with Crippen LogP contribution in [0.25, 0.3) is 0 Å².